The second-order valence-corrected chi connectivity index (χ2v) is 4.60. The molecule has 0 aliphatic heterocycles. The second-order valence-electron chi connectivity index (χ2n) is 4.60. The molecule has 5 heteroatoms. The SMILES string of the molecule is CNC(=O)CNC(C)(CCC(C)C)C(=O)O. The number of hydrogen-bond acceptors (Lipinski definition) is 3. The molecule has 1 unspecified atom stereocenters. The third-order valence-electron chi connectivity index (χ3n) is 2.61. The molecule has 0 fully saturated rings. The molecule has 1 amide bonds. The van der Waals surface area contributed by atoms with Gasteiger partial charge in [-0.3, -0.25) is 14.9 Å². The van der Waals surface area contributed by atoms with Gasteiger partial charge >= 0.3 is 5.97 Å². The van der Waals surface area contributed by atoms with Crippen LogP contribution >= 0.6 is 0 Å². The summed E-state index contributed by atoms with van der Waals surface area (Å²) in [6, 6.07) is 0. The molecule has 1 atom stereocenters. The van der Waals surface area contributed by atoms with E-state index in [1.807, 2.05) is 13.8 Å². The van der Waals surface area contributed by atoms with Crippen molar-refractivity contribution >= 4 is 11.9 Å². The number of carboxylic acids is 1. The van der Waals surface area contributed by atoms with E-state index in [-0.39, 0.29) is 12.5 Å². The number of carbonyl (C=O) groups is 2. The van der Waals surface area contributed by atoms with E-state index in [4.69, 9.17) is 5.11 Å². The molecule has 0 spiro atoms. The van der Waals surface area contributed by atoms with Gasteiger partial charge in [0, 0.05) is 7.05 Å². The van der Waals surface area contributed by atoms with E-state index < -0.39 is 11.5 Å². The predicted molar refractivity (Wildman–Crippen MR) is 62.2 cm³/mol. The number of aliphatic carboxylic acids is 1. The van der Waals surface area contributed by atoms with Gasteiger partial charge in [-0.05, 0) is 25.7 Å². The minimum absolute atomic E-state index is 0.0252. The standard InChI is InChI=1S/C11H22N2O3/c1-8(2)5-6-11(3,10(15)16)13-7-9(14)12-4/h8,13H,5-7H2,1-4H3,(H,12,14)(H,15,16). The van der Waals surface area contributed by atoms with E-state index in [9.17, 15) is 9.59 Å². The Hall–Kier alpha value is -1.10. The number of amides is 1. The van der Waals surface area contributed by atoms with Gasteiger partial charge in [0.1, 0.15) is 5.54 Å². The third-order valence-corrected chi connectivity index (χ3v) is 2.61. The lowest BCUT2D eigenvalue weighted by Crippen LogP contribution is -2.52. The van der Waals surface area contributed by atoms with Gasteiger partial charge in [0.05, 0.1) is 6.54 Å². The minimum atomic E-state index is -1.03. The number of nitrogens with one attached hydrogen (secondary N) is 2. The molecule has 0 saturated carbocycles. The maximum absolute atomic E-state index is 11.1. The molecule has 0 aromatic rings. The van der Waals surface area contributed by atoms with Gasteiger partial charge in [0.25, 0.3) is 0 Å². The summed E-state index contributed by atoms with van der Waals surface area (Å²) in [6.45, 7) is 5.72. The van der Waals surface area contributed by atoms with E-state index in [1.54, 1.807) is 6.92 Å². The highest BCUT2D eigenvalue weighted by atomic mass is 16.4. The largest absolute Gasteiger partial charge is 0.480 e. The van der Waals surface area contributed by atoms with Crippen LogP contribution in [0.1, 0.15) is 33.6 Å². The van der Waals surface area contributed by atoms with Crippen molar-refractivity contribution in [2.45, 2.75) is 39.2 Å². The zero-order chi connectivity index (χ0) is 12.8. The lowest BCUT2D eigenvalue weighted by molar-refractivity contribution is -0.144. The fourth-order valence-electron chi connectivity index (χ4n) is 1.21. The molecular weight excluding hydrogens is 208 g/mol. The van der Waals surface area contributed by atoms with Crippen molar-refractivity contribution in [1.29, 1.82) is 0 Å². The van der Waals surface area contributed by atoms with E-state index in [0.29, 0.717) is 12.3 Å². The van der Waals surface area contributed by atoms with Gasteiger partial charge in [0.15, 0.2) is 0 Å². The van der Waals surface area contributed by atoms with Crippen molar-refractivity contribution in [2.75, 3.05) is 13.6 Å². The Kier molecular flexibility index (Phi) is 6.03. The van der Waals surface area contributed by atoms with Gasteiger partial charge in [-0.2, -0.15) is 0 Å². The van der Waals surface area contributed by atoms with E-state index >= 15 is 0 Å². The van der Waals surface area contributed by atoms with E-state index in [2.05, 4.69) is 10.6 Å². The first-order valence-corrected chi connectivity index (χ1v) is 5.51. The summed E-state index contributed by atoms with van der Waals surface area (Å²) in [6.07, 6.45) is 1.32. The number of hydrogen-bond donors (Lipinski definition) is 3. The van der Waals surface area contributed by atoms with Crippen LogP contribution in [0.25, 0.3) is 0 Å². The van der Waals surface area contributed by atoms with Crippen LogP contribution in [0.3, 0.4) is 0 Å². The number of carbonyl (C=O) groups excluding carboxylic acids is 1. The van der Waals surface area contributed by atoms with Gasteiger partial charge in [-0.15, -0.1) is 0 Å². The molecule has 5 nitrogen and oxygen atoms in total. The molecule has 94 valence electrons. The van der Waals surface area contributed by atoms with Crippen molar-refractivity contribution in [2.24, 2.45) is 5.92 Å². The summed E-state index contributed by atoms with van der Waals surface area (Å²) in [7, 11) is 1.52. The van der Waals surface area contributed by atoms with Crippen LogP contribution < -0.4 is 10.6 Å². The highest BCUT2D eigenvalue weighted by molar-refractivity contribution is 5.81. The zero-order valence-corrected chi connectivity index (χ0v) is 10.5. The first-order chi connectivity index (χ1) is 7.31. The first kappa shape index (κ1) is 14.9. The molecule has 0 heterocycles. The summed E-state index contributed by atoms with van der Waals surface area (Å²) < 4.78 is 0. The van der Waals surface area contributed by atoms with Gasteiger partial charge in [-0.25, -0.2) is 0 Å². The molecule has 0 bridgehead atoms. The Morgan fingerprint density at radius 3 is 2.31 bits per heavy atom. The summed E-state index contributed by atoms with van der Waals surface area (Å²) in [5.74, 6) is -0.686. The summed E-state index contributed by atoms with van der Waals surface area (Å²) in [4.78, 5) is 22.2. The second kappa shape index (κ2) is 6.48. The first-order valence-electron chi connectivity index (χ1n) is 5.51. The van der Waals surface area contributed by atoms with Crippen LogP contribution in [0, 0.1) is 5.92 Å². The molecule has 0 aliphatic carbocycles. The van der Waals surface area contributed by atoms with E-state index in [0.717, 1.165) is 6.42 Å². The molecule has 0 radical (unpaired) electrons. The van der Waals surface area contributed by atoms with Crippen molar-refractivity contribution in [3.63, 3.8) is 0 Å². The average molecular weight is 230 g/mol. The molecular formula is C11H22N2O3. The minimum Gasteiger partial charge on any atom is -0.480 e. The lowest BCUT2D eigenvalue weighted by Gasteiger charge is -2.26. The third kappa shape index (κ3) is 5.11. The number of carboxylic acid groups (broad SMARTS) is 1. The molecule has 0 rings (SSSR count). The fraction of sp³-hybridized carbons (Fsp3) is 0.818. The van der Waals surface area contributed by atoms with Crippen LogP contribution in [0.5, 0.6) is 0 Å². The number of likely N-dealkylation sites (N-methyl/N-ethyl adjacent to an activating group) is 1. The van der Waals surface area contributed by atoms with Crippen LogP contribution in [0.15, 0.2) is 0 Å². The predicted octanol–water partition coefficient (Wildman–Crippen LogP) is 0.601. The van der Waals surface area contributed by atoms with E-state index in [1.165, 1.54) is 7.05 Å². The Morgan fingerprint density at radius 1 is 1.38 bits per heavy atom. The van der Waals surface area contributed by atoms with Crippen LogP contribution in [-0.2, 0) is 9.59 Å². The summed E-state index contributed by atoms with van der Waals surface area (Å²) in [5.41, 5.74) is -1.03. The molecule has 16 heavy (non-hydrogen) atoms. The quantitative estimate of drug-likeness (QED) is 0.598. The lowest BCUT2D eigenvalue weighted by atomic mass is 9.92. The van der Waals surface area contributed by atoms with Crippen molar-refractivity contribution in [3.05, 3.63) is 0 Å². The highest BCUT2D eigenvalue weighted by Crippen LogP contribution is 2.16. The number of rotatable bonds is 7. The maximum Gasteiger partial charge on any atom is 0.323 e. The van der Waals surface area contributed by atoms with Crippen LogP contribution in [0.4, 0.5) is 0 Å². The molecule has 0 aromatic heterocycles. The Morgan fingerprint density at radius 2 is 1.94 bits per heavy atom. The van der Waals surface area contributed by atoms with Crippen molar-refractivity contribution < 1.29 is 14.7 Å². The molecule has 0 saturated heterocycles. The monoisotopic (exact) mass is 230 g/mol. The van der Waals surface area contributed by atoms with Crippen molar-refractivity contribution in [1.82, 2.24) is 10.6 Å². The van der Waals surface area contributed by atoms with Gasteiger partial charge in [-0.1, -0.05) is 13.8 Å². The average Bonchev–Trinajstić information content (AvgIpc) is 2.22. The Balaban J connectivity index is 4.33. The maximum atomic E-state index is 11.1. The van der Waals surface area contributed by atoms with Crippen molar-refractivity contribution in [3.8, 4) is 0 Å². The fourth-order valence-corrected chi connectivity index (χ4v) is 1.21. The normalized spacial score (nSPS) is 14.6. The molecule has 0 aromatic carbocycles. The van der Waals surface area contributed by atoms with Gasteiger partial charge < -0.3 is 10.4 Å². The zero-order valence-electron chi connectivity index (χ0n) is 10.5. The van der Waals surface area contributed by atoms with Gasteiger partial charge in [0.2, 0.25) is 5.91 Å². The highest BCUT2D eigenvalue weighted by Gasteiger charge is 2.32. The topological polar surface area (TPSA) is 78.4 Å². The molecule has 0 aliphatic rings. The summed E-state index contributed by atoms with van der Waals surface area (Å²) >= 11 is 0. The van der Waals surface area contributed by atoms with Crippen LogP contribution in [0.2, 0.25) is 0 Å². The Labute approximate surface area is 96.6 Å². The smallest absolute Gasteiger partial charge is 0.323 e. The Bertz CT molecular complexity index is 254. The molecule has 3 N–H and O–H groups in total. The van der Waals surface area contributed by atoms with Crippen LogP contribution in [-0.4, -0.2) is 36.1 Å². The summed E-state index contributed by atoms with van der Waals surface area (Å²) in [5, 5.41) is 14.4.